The Morgan fingerprint density at radius 1 is 1.33 bits per heavy atom. The average Bonchev–Trinajstić information content (AvgIpc) is 2.43. The highest BCUT2D eigenvalue weighted by Gasteiger charge is 2.13. The Kier molecular flexibility index (Phi) is 4.42. The molecule has 94 valence electrons. The Balaban J connectivity index is 2.39. The van der Waals surface area contributed by atoms with Gasteiger partial charge in [0.05, 0.1) is 11.0 Å². The van der Waals surface area contributed by atoms with Crippen molar-refractivity contribution in [2.75, 3.05) is 6.54 Å². The second kappa shape index (κ2) is 6.26. The second-order valence-electron chi connectivity index (χ2n) is 4.25. The summed E-state index contributed by atoms with van der Waals surface area (Å²) in [6.45, 7) is 6.86. The van der Waals surface area contributed by atoms with Gasteiger partial charge in [0.1, 0.15) is 0 Å². The van der Waals surface area contributed by atoms with Crippen molar-refractivity contribution >= 4 is 11.0 Å². The first-order valence-electron chi connectivity index (χ1n) is 6.40. The first kappa shape index (κ1) is 12.7. The molecule has 1 aromatic heterocycles. The first-order chi connectivity index (χ1) is 8.86. The minimum atomic E-state index is 0.313. The van der Waals surface area contributed by atoms with E-state index in [0.717, 1.165) is 30.4 Å². The van der Waals surface area contributed by atoms with Crippen molar-refractivity contribution in [3.05, 3.63) is 48.8 Å². The number of hydrogen-bond donors (Lipinski definition) is 1. The van der Waals surface area contributed by atoms with Crippen molar-refractivity contribution in [2.45, 2.75) is 25.8 Å². The van der Waals surface area contributed by atoms with E-state index in [-0.39, 0.29) is 0 Å². The molecule has 1 unspecified atom stereocenters. The molecule has 0 saturated carbocycles. The summed E-state index contributed by atoms with van der Waals surface area (Å²) in [7, 11) is 0. The molecule has 0 aliphatic rings. The number of allylic oxidation sites excluding steroid dienone is 1. The van der Waals surface area contributed by atoms with Gasteiger partial charge in [-0.05, 0) is 31.0 Å². The minimum absolute atomic E-state index is 0.313. The third-order valence-corrected chi connectivity index (χ3v) is 3.02. The predicted octanol–water partition coefficient (Wildman–Crippen LogP) is 3.25. The van der Waals surface area contributed by atoms with Gasteiger partial charge >= 0.3 is 0 Å². The highest BCUT2D eigenvalue weighted by molar-refractivity contribution is 5.78. The predicted molar refractivity (Wildman–Crippen MR) is 75.4 cm³/mol. The fourth-order valence-electron chi connectivity index (χ4n) is 2.19. The molecule has 1 heterocycles. The molecule has 0 bridgehead atoms. The largest absolute Gasteiger partial charge is 0.310 e. The average molecular weight is 241 g/mol. The van der Waals surface area contributed by atoms with E-state index in [2.05, 4.69) is 34.9 Å². The van der Waals surface area contributed by atoms with E-state index < -0.39 is 0 Å². The minimum Gasteiger partial charge on any atom is -0.310 e. The van der Waals surface area contributed by atoms with E-state index in [0.29, 0.717) is 6.04 Å². The molecule has 2 rings (SSSR count). The summed E-state index contributed by atoms with van der Waals surface area (Å²) in [5.74, 6) is 0. The molecule has 18 heavy (non-hydrogen) atoms. The van der Waals surface area contributed by atoms with Crippen LogP contribution in [0.15, 0.2) is 43.2 Å². The van der Waals surface area contributed by atoms with Crippen LogP contribution in [0.25, 0.3) is 11.0 Å². The molecular weight excluding hydrogens is 222 g/mol. The molecular formula is C15H19N3. The Labute approximate surface area is 108 Å². The van der Waals surface area contributed by atoms with Gasteiger partial charge in [-0.15, -0.1) is 6.58 Å². The highest BCUT2D eigenvalue weighted by atomic mass is 14.9. The number of hydrogen-bond acceptors (Lipinski definition) is 3. The van der Waals surface area contributed by atoms with Crippen molar-refractivity contribution in [1.82, 2.24) is 15.3 Å². The zero-order valence-corrected chi connectivity index (χ0v) is 10.8. The molecule has 1 aromatic carbocycles. The molecule has 0 aliphatic carbocycles. The fraction of sp³-hybridized carbons (Fsp3) is 0.333. The van der Waals surface area contributed by atoms with E-state index in [1.54, 1.807) is 12.4 Å². The summed E-state index contributed by atoms with van der Waals surface area (Å²) < 4.78 is 0. The number of rotatable bonds is 6. The topological polar surface area (TPSA) is 37.8 Å². The molecule has 1 atom stereocenters. The molecule has 0 radical (unpaired) electrons. The van der Waals surface area contributed by atoms with Crippen LogP contribution >= 0.6 is 0 Å². The molecule has 3 nitrogen and oxygen atoms in total. The summed E-state index contributed by atoms with van der Waals surface area (Å²) in [6, 6.07) is 6.49. The molecule has 2 aromatic rings. The second-order valence-corrected chi connectivity index (χ2v) is 4.25. The summed E-state index contributed by atoms with van der Waals surface area (Å²) in [5.41, 5.74) is 3.18. The van der Waals surface area contributed by atoms with Crippen molar-refractivity contribution in [1.29, 1.82) is 0 Å². The van der Waals surface area contributed by atoms with E-state index in [9.17, 15) is 0 Å². The normalized spacial score (nSPS) is 12.5. The zero-order valence-electron chi connectivity index (χ0n) is 10.8. The summed E-state index contributed by atoms with van der Waals surface area (Å²) in [4.78, 5) is 8.82. The van der Waals surface area contributed by atoms with Crippen molar-refractivity contribution in [3.8, 4) is 0 Å². The Hall–Kier alpha value is -1.74. The summed E-state index contributed by atoms with van der Waals surface area (Å²) in [6.07, 6.45) is 7.48. The first-order valence-corrected chi connectivity index (χ1v) is 6.40. The maximum Gasteiger partial charge on any atom is 0.0934 e. The molecule has 3 heteroatoms. The maximum atomic E-state index is 4.46. The van der Waals surface area contributed by atoms with E-state index in [1.165, 1.54) is 5.56 Å². The van der Waals surface area contributed by atoms with Gasteiger partial charge in [-0.25, -0.2) is 0 Å². The molecule has 0 fully saturated rings. The lowest BCUT2D eigenvalue weighted by Crippen LogP contribution is -2.21. The Morgan fingerprint density at radius 3 is 2.94 bits per heavy atom. The molecule has 0 saturated heterocycles. The van der Waals surface area contributed by atoms with Crippen LogP contribution in [0.2, 0.25) is 0 Å². The fourth-order valence-corrected chi connectivity index (χ4v) is 2.19. The number of benzene rings is 1. The van der Waals surface area contributed by atoms with Crippen LogP contribution in [0, 0.1) is 0 Å². The van der Waals surface area contributed by atoms with Crippen LogP contribution in [0.1, 0.15) is 31.4 Å². The van der Waals surface area contributed by atoms with Crippen LogP contribution in [0.4, 0.5) is 0 Å². The van der Waals surface area contributed by atoms with Gasteiger partial charge in [0.15, 0.2) is 0 Å². The van der Waals surface area contributed by atoms with Gasteiger partial charge in [0.25, 0.3) is 0 Å². The Morgan fingerprint density at radius 2 is 2.17 bits per heavy atom. The lowest BCUT2D eigenvalue weighted by atomic mass is 10.00. The van der Waals surface area contributed by atoms with E-state index >= 15 is 0 Å². The van der Waals surface area contributed by atoms with Crippen molar-refractivity contribution < 1.29 is 0 Å². The number of nitrogens with one attached hydrogen (secondary N) is 1. The lowest BCUT2D eigenvalue weighted by molar-refractivity contribution is 0.522. The van der Waals surface area contributed by atoms with Gasteiger partial charge in [0.2, 0.25) is 0 Å². The monoisotopic (exact) mass is 241 g/mol. The summed E-state index contributed by atoms with van der Waals surface area (Å²) >= 11 is 0. The van der Waals surface area contributed by atoms with Gasteiger partial charge in [-0.1, -0.05) is 25.1 Å². The molecule has 0 aliphatic heterocycles. The van der Waals surface area contributed by atoms with Crippen LogP contribution in [-0.4, -0.2) is 16.5 Å². The smallest absolute Gasteiger partial charge is 0.0934 e. The quantitative estimate of drug-likeness (QED) is 0.789. The van der Waals surface area contributed by atoms with Crippen LogP contribution in [0.5, 0.6) is 0 Å². The van der Waals surface area contributed by atoms with Crippen molar-refractivity contribution in [2.24, 2.45) is 0 Å². The van der Waals surface area contributed by atoms with E-state index in [1.807, 2.05) is 18.2 Å². The maximum absolute atomic E-state index is 4.46. The third kappa shape index (κ3) is 2.74. The van der Waals surface area contributed by atoms with Gasteiger partial charge < -0.3 is 5.32 Å². The lowest BCUT2D eigenvalue weighted by Gasteiger charge is -2.18. The number of para-hydroxylation sites is 1. The number of aromatic nitrogens is 2. The number of nitrogens with zero attached hydrogens (tertiary/aromatic N) is 2. The Bertz CT molecular complexity index is 517. The SMILES string of the molecule is C=CCCC(NCC)c1cccc2nccnc12. The van der Waals surface area contributed by atoms with Gasteiger partial charge in [-0.3, -0.25) is 9.97 Å². The summed E-state index contributed by atoms with van der Waals surface area (Å²) in [5, 5.41) is 3.51. The third-order valence-electron chi connectivity index (χ3n) is 3.02. The van der Waals surface area contributed by atoms with Gasteiger partial charge in [0, 0.05) is 18.4 Å². The van der Waals surface area contributed by atoms with Crippen LogP contribution in [-0.2, 0) is 0 Å². The molecule has 1 N–H and O–H groups in total. The van der Waals surface area contributed by atoms with Crippen LogP contribution in [0.3, 0.4) is 0 Å². The standard InChI is InChI=1S/C15H19N3/c1-3-5-8-13(16-4-2)12-7-6-9-14-15(12)18-11-10-17-14/h3,6-7,9-11,13,16H,1,4-5,8H2,2H3. The molecule has 0 amide bonds. The van der Waals surface area contributed by atoms with Crippen LogP contribution < -0.4 is 5.32 Å². The zero-order chi connectivity index (χ0) is 12.8. The van der Waals surface area contributed by atoms with Crippen molar-refractivity contribution in [3.63, 3.8) is 0 Å². The van der Waals surface area contributed by atoms with Gasteiger partial charge in [-0.2, -0.15) is 0 Å². The molecule has 0 spiro atoms. The van der Waals surface area contributed by atoms with E-state index in [4.69, 9.17) is 0 Å². The number of fused-ring (bicyclic) bond motifs is 1. The highest BCUT2D eigenvalue weighted by Crippen LogP contribution is 2.24.